The van der Waals surface area contributed by atoms with Gasteiger partial charge in [0.15, 0.2) is 0 Å². The molecule has 0 saturated heterocycles. The van der Waals surface area contributed by atoms with Crippen molar-refractivity contribution in [2.45, 2.75) is 33.1 Å². The molecule has 0 N–H and O–H groups in total. The molecule has 1 aliphatic rings. The Kier molecular flexibility index (Phi) is 2.73. The first-order chi connectivity index (χ1) is 4.79. The summed E-state index contributed by atoms with van der Waals surface area (Å²) in [6.45, 7) is 4.53. The van der Waals surface area contributed by atoms with Gasteiger partial charge in [0.2, 0.25) is 0 Å². The number of hydrogen-bond acceptors (Lipinski definition) is 0. The molecule has 0 spiro atoms. The van der Waals surface area contributed by atoms with Crippen LogP contribution in [-0.4, -0.2) is 0 Å². The van der Waals surface area contributed by atoms with Gasteiger partial charge in [0.25, 0.3) is 0 Å². The Labute approximate surface area is 63.6 Å². The van der Waals surface area contributed by atoms with Gasteiger partial charge in [-0.1, -0.05) is 30.7 Å². The fourth-order valence-electron chi connectivity index (χ4n) is 1.22. The summed E-state index contributed by atoms with van der Waals surface area (Å²) in [5.41, 5.74) is 1.52. The molecule has 0 saturated carbocycles. The molecule has 0 heterocycles. The highest BCUT2D eigenvalue weighted by atomic mass is 14.1. The maximum absolute atomic E-state index is 2.32. The van der Waals surface area contributed by atoms with Crippen LogP contribution in [0.3, 0.4) is 0 Å². The first kappa shape index (κ1) is 7.59. The molecule has 0 aromatic heterocycles. The Bertz CT molecular complexity index is 151. The van der Waals surface area contributed by atoms with E-state index in [9.17, 15) is 0 Å². The van der Waals surface area contributed by atoms with Crippen molar-refractivity contribution in [3.05, 3.63) is 23.8 Å². The van der Waals surface area contributed by atoms with Crippen LogP contribution in [-0.2, 0) is 0 Å². The zero-order chi connectivity index (χ0) is 7.40. The predicted octanol–water partition coefficient (Wildman–Crippen LogP) is 3.31. The van der Waals surface area contributed by atoms with Gasteiger partial charge in [-0.15, -0.1) is 0 Å². The van der Waals surface area contributed by atoms with E-state index in [-0.39, 0.29) is 0 Å². The van der Waals surface area contributed by atoms with E-state index in [1.807, 2.05) is 0 Å². The molecule has 0 aromatic rings. The van der Waals surface area contributed by atoms with Crippen molar-refractivity contribution in [1.82, 2.24) is 0 Å². The summed E-state index contributed by atoms with van der Waals surface area (Å²) in [5.74, 6) is 0.875. The van der Waals surface area contributed by atoms with Gasteiger partial charge in [-0.2, -0.15) is 0 Å². The first-order valence-corrected chi connectivity index (χ1v) is 4.11. The number of rotatable bonds is 0. The third-order valence-corrected chi connectivity index (χ3v) is 2.09. The van der Waals surface area contributed by atoms with E-state index < -0.39 is 0 Å². The lowest BCUT2D eigenvalue weighted by Crippen LogP contribution is -1.94. The van der Waals surface area contributed by atoms with Crippen molar-refractivity contribution in [1.29, 1.82) is 0 Å². The molecule has 0 fully saturated rings. The lowest BCUT2D eigenvalue weighted by atomic mass is 9.96. The maximum atomic E-state index is 2.32. The van der Waals surface area contributed by atoms with Crippen LogP contribution in [0, 0.1) is 5.92 Å². The quantitative estimate of drug-likeness (QED) is 0.479. The van der Waals surface area contributed by atoms with Crippen LogP contribution in [0.1, 0.15) is 33.1 Å². The average molecular weight is 136 g/mol. The Morgan fingerprint density at radius 2 is 2.30 bits per heavy atom. The van der Waals surface area contributed by atoms with Crippen LogP contribution in [0.5, 0.6) is 0 Å². The maximum Gasteiger partial charge on any atom is -0.0317 e. The summed E-state index contributed by atoms with van der Waals surface area (Å²) >= 11 is 0. The van der Waals surface area contributed by atoms with Gasteiger partial charge in [-0.05, 0) is 32.1 Å². The van der Waals surface area contributed by atoms with E-state index >= 15 is 0 Å². The van der Waals surface area contributed by atoms with Gasteiger partial charge < -0.3 is 0 Å². The minimum atomic E-state index is 0.875. The predicted molar refractivity (Wildman–Crippen MR) is 45.9 cm³/mol. The standard InChI is InChI=1S/C10H16/c1-9-5-3-4-6-10(2)8-7-9/h3-5,10H,6-8H2,1-2H3. The Balaban J connectivity index is 2.52. The van der Waals surface area contributed by atoms with Gasteiger partial charge in [0, 0.05) is 0 Å². The lowest BCUT2D eigenvalue weighted by molar-refractivity contribution is 0.536. The average Bonchev–Trinajstić information content (AvgIpc) is 1.90. The van der Waals surface area contributed by atoms with Gasteiger partial charge in [0.05, 0.1) is 0 Å². The topological polar surface area (TPSA) is 0 Å². The first-order valence-electron chi connectivity index (χ1n) is 4.11. The molecule has 1 rings (SSSR count). The van der Waals surface area contributed by atoms with Crippen molar-refractivity contribution < 1.29 is 0 Å². The Morgan fingerprint density at radius 3 is 3.10 bits per heavy atom. The summed E-state index contributed by atoms with van der Waals surface area (Å²) in [6, 6.07) is 0. The molecule has 1 atom stereocenters. The van der Waals surface area contributed by atoms with Gasteiger partial charge in [0.1, 0.15) is 0 Å². The highest BCUT2D eigenvalue weighted by Crippen LogP contribution is 2.17. The van der Waals surface area contributed by atoms with E-state index in [4.69, 9.17) is 0 Å². The summed E-state index contributed by atoms with van der Waals surface area (Å²) in [7, 11) is 0. The third-order valence-electron chi connectivity index (χ3n) is 2.09. The molecule has 1 aliphatic carbocycles. The Morgan fingerprint density at radius 1 is 1.50 bits per heavy atom. The van der Waals surface area contributed by atoms with Crippen molar-refractivity contribution in [2.75, 3.05) is 0 Å². The van der Waals surface area contributed by atoms with E-state index in [1.54, 1.807) is 0 Å². The molecule has 1 unspecified atom stereocenters. The number of hydrogen-bond donors (Lipinski definition) is 0. The van der Waals surface area contributed by atoms with Crippen LogP contribution in [0.2, 0.25) is 0 Å². The third kappa shape index (κ3) is 2.38. The normalized spacial score (nSPS) is 27.0. The van der Waals surface area contributed by atoms with Crippen molar-refractivity contribution in [3.63, 3.8) is 0 Å². The molecule has 0 heteroatoms. The summed E-state index contributed by atoms with van der Waals surface area (Å²) in [5, 5.41) is 0. The van der Waals surface area contributed by atoms with Crippen LogP contribution >= 0.6 is 0 Å². The van der Waals surface area contributed by atoms with Crippen LogP contribution in [0.4, 0.5) is 0 Å². The fourth-order valence-corrected chi connectivity index (χ4v) is 1.22. The monoisotopic (exact) mass is 136 g/mol. The Hall–Kier alpha value is -0.520. The second kappa shape index (κ2) is 3.60. The van der Waals surface area contributed by atoms with E-state index in [2.05, 4.69) is 32.1 Å². The van der Waals surface area contributed by atoms with E-state index in [1.165, 1.54) is 24.8 Å². The van der Waals surface area contributed by atoms with Gasteiger partial charge >= 0.3 is 0 Å². The second-order valence-electron chi connectivity index (χ2n) is 3.32. The molecular weight excluding hydrogens is 120 g/mol. The fraction of sp³-hybridized carbons (Fsp3) is 0.600. The highest BCUT2D eigenvalue weighted by molar-refractivity contribution is 5.11. The van der Waals surface area contributed by atoms with Crippen LogP contribution in [0.15, 0.2) is 23.8 Å². The van der Waals surface area contributed by atoms with Crippen molar-refractivity contribution in [3.8, 4) is 0 Å². The molecule has 56 valence electrons. The van der Waals surface area contributed by atoms with Crippen molar-refractivity contribution in [2.24, 2.45) is 5.92 Å². The summed E-state index contributed by atoms with van der Waals surface area (Å²) in [4.78, 5) is 0. The zero-order valence-electron chi connectivity index (χ0n) is 6.93. The molecule has 10 heavy (non-hydrogen) atoms. The largest absolute Gasteiger partial charge is 0.0843 e. The minimum absolute atomic E-state index is 0.875. The van der Waals surface area contributed by atoms with Crippen molar-refractivity contribution >= 4 is 0 Å². The smallest absolute Gasteiger partial charge is 0.0317 e. The van der Waals surface area contributed by atoms with Gasteiger partial charge in [-0.3, -0.25) is 0 Å². The SMILES string of the molecule is CC1=CC=CCC(C)CC1. The number of allylic oxidation sites excluding steroid dienone is 4. The molecule has 0 aromatic carbocycles. The second-order valence-corrected chi connectivity index (χ2v) is 3.32. The molecule has 0 nitrogen and oxygen atoms in total. The van der Waals surface area contributed by atoms with E-state index in [0.29, 0.717) is 0 Å². The zero-order valence-corrected chi connectivity index (χ0v) is 6.93. The summed E-state index contributed by atoms with van der Waals surface area (Å²) < 4.78 is 0. The van der Waals surface area contributed by atoms with E-state index in [0.717, 1.165) is 5.92 Å². The molecule has 0 bridgehead atoms. The lowest BCUT2D eigenvalue weighted by Gasteiger charge is -2.10. The van der Waals surface area contributed by atoms with Crippen LogP contribution < -0.4 is 0 Å². The van der Waals surface area contributed by atoms with Crippen LogP contribution in [0.25, 0.3) is 0 Å². The molecule has 0 radical (unpaired) electrons. The minimum Gasteiger partial charge on any atom is -0.0843 e. The summed E-state index contributed by atoms with van der Waals surface area (Å²) in [6.07, 6.45) is 10.6. The molecule has 0 aliphatic heterocycles. The molecule has 0 amide bonds. The highest BCUT2D eigenvalue weighted by Gasteiger charge is 2.01. The van der Waals surface area contributed by atoms with Gasteiger partial charge in [-0.25, -0.2) is 0 Å². The molecular formula is C10H16.